The molecule has 0 bridgehead atoms. The molecule has 0 saturated carbocycles. The minimum Gasteiger partial charge on any atom is -0.490 e. The lowest BCUT2D eigenvalue weighted by molar-refractivity contribution is -0.136. The molecule has 4 N–H and O–H groups in total. The molecule has 1 heterocycles. The quantitative estimate of drug-likeness (QED) is 0.0705. The highest BCUT2D eigenvalue weighted by Gasteiger charge is 2.32. The molecule has 2 atom stereocenters. The molecule has 250 valence electrons. The number of halogens is 2. The molecule has 0 unspecified atom stereocenters. The van der Waals surface area contributed by atoms with Gasteiger partial charge in [0.1, 0.15) is 13.2 Å². The minimum absolute atomic E-state index is 0.186. The largest absolute Gasteiger partial charge is 0.490 e. The van der Waals surface area contributed by atoms with E-state index >= 15 is 0 Å². The first kappa shape index (κ1) is 35.2. The van der Waals surface area contributed by atoms with Crippen molar-refractivity contribution in [2.75, 3.05) is 26.9 Å². The lowest BCUT2D eigenvalue weighted by Gasteiger charge is -2.28. The van der Waals surface area contributed by atoms with Gasteiger partial charge in [-0.1, -0.05) is 41.4 Å². The van der Waals surface area contributed by atoms with E-state index in [1.165, 1.54) is 13.3 Å². The highest BCUT2D eigenvalue weighted by molar-refractivity contribution is 6.32. The molecule has 14 heteroatoms. The summed E-state index contributed by atoms with van der Waals surface area (Å²) in [5.74, 6) is 0.933. The summed E-state index contributed by atoms with van der Waals surface area (Å²) in [6.45, 7) is 6.04. The molecule has 4 rings (SSSR count). The average molecular weight is 688 g/mol. The third-order valence-corrected chi connectivity index (χ3v) is 7.23. The van der Waals surface area contributed by atoms with Gasteiger partial charge in [0.15, 0.2) is 29.2 Å². The number of nitrogens with one attached hydrogen (secondary N) is 3. The maximum Gasteiger partial charge on any atom is 0.337 e. The van der Waals surface area contributed by atoms with Crippen LogP contribution in [0.3, 0.4) is 0 Å². The van der Waals surface area contributed by atoms with Gasteiger partial charge in [-0.2, -0.15) is 5.10 Å². The number of rotatable bonds is 15. The number of carbonyl (C=O) groups excluding carboxylic acids is 2. The fourth-order valence-corrected chi connectivity index (χ4v) is 5.15. The van der Waals surface area contributed by atoms with Crippen LogP contribution in [-0.4, -0.2) is 56.5 Å². The van der Waals surface area contributed by atoms with Crippen LogP contribution in [0.15, 0.2) is 71.0 Å². The lowest BCUT2D eigenvalue weighted by Crippen LogP contribution is -2.45. The molecule has 0 saturated heterocycles. The number of ether oxygens (including phenoxy) is 5. The number of carbonyl (C=O) groups is 2. The molecule has 1 aliphatic rings. The Balaban J connectivity index is 1.40. The number of methoxy groups -OCH3 is 1. The maximum atomic E-state index is 12.5. The van der Waals surface area contributed by atoms with Crippen LogP contribution in [0.25, 0.3) is 0 Å². The average Bonchev–Trinajstić information content (AvgIpc) is 3.03. The molecule has 0 aliphatic carbocycles. The normalized spacial score (nSPS) is 15.0. The third-order valence-electron chi connectivity index (χ3n) is 6.71. The summed E-state index contributed by atoms with van der Waals surface area (Å²) in [7, 11) is 1.27. The van der Waals surface area contributed by atoms with Gasteiger partial charge in [0.25, 0.3) is 0 Å². The molecular formula is C33H36Cl2N4O8. The van der Waals surface area contributed by atoms with Gasteiger partial charge in [0.2, 0.25) is 0 Å². The zero-order valence-corrected chi connectivity index (χ0v) is 27.8. The Labute approximate surface area is 282 Å². The van der Waals surface area contributed by atoms with Crippen LogP contribution in [0.1, 0.15) is 43.5 Å². The Morgan fingerprint density at radius 2 is 1.79 bits per heavy atom. The van der Waals surface area contributed by atoms with E-state index < -0.39 is 24.3 Å². The van der Waals surface area contributed by atoms with E-state index in [0.29, 0.717) is 63.1 Å². The Morgan fingerprint density at radius 1 is 1.02 bits per heavy atom. The summed E-state index contributed by atoms with van der Waals surface area (Å²) in [6, 6.07) is 14.4. The van der Waals surface area contributed by atoms with Crippen molar-refractivity contribution in [2.45, 2.75) is 39.6 Å². The smallest absolute Gasteiger partial charge is 0.337 e. The van der Waals surface area contributed by atoms with Crippen molar-refractivity contribution in [3.8, 4) is 23.0 Å². The number of aliphatic hydroxyl groups excluding tert-OH is 1. The topological polar surface area (TPSA) is 149 Å². The van der Waals surface area contributed by atoms with Crippen molar-refractivity contribution >= 4 is 41.4 Å². The van der Waals surface area contributed by atoms with Gasteiger partial charge in [0, 0.05) is 10.7 Å². The van der Waals surface area contributed by atoms with Crippen molar-refractivity contribution in [1.82, 2.24) is 16.1 Å². The zero-order chi connectivity index (χ0) is 33.9. The van der Waals surface area contributed by atoms with Crippen molar-refractivity contribution in [1.29, 1.82) is 0 Å². The number of hydrogen-bond donors (Lipinski definition) is 4. The standard InChI is InChI=1S/C33H36Cl2N4O8/c1-5-44-26-15-22(30-29(32(41)43-4)19(3)37-33(42)38-30)10-11-25(26)46-18-28(40)39-36-16-21-13-24(35)31(27(14-21)45-6-2)47-17-20-8-7-9-23(34)12-20/h7-16,28,30,39-40H,5-6,17-18H2,1-4H3,(H2,37,38,42)/b36-16+/t28-,30+/m1/s1. The minimum atomic E-state index is -1.19. The second-order valence-corrected chi connectivity index (χ2v) is 10.9. The number of benzene rings is 3. The number of allylic oxidation sites excluding steroid dienone is 1. The lowest BCUT2D eigenvalue weighted by atomic mass is 9.95. The molecule has 0 radical (unpaired) electrons. The number of amides is 2. The highest BCUT2D eigenvalue weighted by atomic mass is 35.5. The molecule has 0 fully saturated rings. The van der Waals surface area contributed by atoms with Crippen LogP contribution in [0.4, 0.5) is 4.79 Å². The van der Waals surface area contributed by atoms with E-state index in [-0.39, 0.29) is 18.8 Å². The number of hydrazone groups is 1. The van der Waals surface area contributed by atoms with Crippen molar-refractivity contribution < 1.29 is 38.4 Å². The first-order chi connectivity index (χ1) is 22.6. The van der Waals surface area contributed by atoms with E-state index in [1.54, 1.807) is 56.3 Å². The van der Waals surface area contributed by atoms with Gasteiger partial charge >= 0.3 is 12.0 Å². The van der Waals surface area contributed by atoms with Crippen molar-refractivity contribution in [2.24, 2.45) is 5.10 Å². The predicted octanol–water partition coefficient (Wildman–Crippen LogP) is 5.49. The van der Waals surface area contributed by atoms with Gasteiger partial charge in [-0.3, -0.25) is 5.43 Å². The second-order valence-electron chi connectivity index (χ2n) is 10.1. The zero-order valence-electron chi connectivity index (χ0n) is 26.3. The van der Waals surface area contributed by atoms with Crippen LogP contribution in [0, 0.1) is 0 Å². The summed E-state index contributed by atoms with van der Waals surface area (Å²) in [6.07, 6.45) is 0.281. The van der Waals surface area contributed by atoms with Gasteiger partial charge in [-0.05, 0) is 73.9 Å². The summed E-state index contributed by atoms with van der Waals surface area (Å²) in [5, 5.41) is 20.9. The van der Waals surface area contributed by atoms with Crippen LogP contribution in [0.2, 0.25) is 10.0 Å². The summed E-state index contributed by atoms with van der Waals surface area (Å²) >= 11 is 12.6. The molecule has 47 heavy (non-hydrogen) atoms. The summed E-state index contributed by atoms with van der Waals surface area (Å²) in [4.78, 5) is 24.6. The summed E-state index contributed by atoms with van der Waals surface area (Å²) < 4.78 is 28.2. The SMILES string of the molecule is CCOc1cc([C@@H]2NC(=O)NC(C)=C2C(=O)OC)ccc1OC[C@@H](O)N/N=C/c1cc(Cl)c(OCc2cccc(Cl)c2)c(OCC)c1. The third kappa shape index (κ3) is 9.44. The van der Waals surface area contributed by atoms with Gasteiger partial charge in [-0.25, -0.2) is 9.59 Å². The Morgan fingerprint density at radius 3 is 2.51 bits per heavy atom. The first-order valence-corrected chi connectivity index (χ1v) is 15.4. The molecule has 2 amide bonds. The number of nitrogens with zero attached hydrogens (tertiary/aromatic N) is 1. The Bertz CT molecular complexity index is 1650. The van der Waals surface area contributed by atoms with Crippen molar-refractivity contribution in [3.63, 3.8) is 0 Å². The number of aliphatic hydroxyl groups is 1. The summed E-state index contributed by atoms with van der Waals surface area (Å²) in [5.41, 5.74) is 5.30. The molecule has 12 nitrogen and oxygen atoms in total. The van der Waals surface area contributed by atoms with Gasteiger partial charge < -0.3 is 39.4 Å². The Hall–Kier alpha value is -4.65. The molecular weight excluding hydrogens is 651 g/mol. The Kier molecular flexibility index (Phi) is 12.6. The van der Waals surface area contributed by atoms with E-state index in [9.17, 15) is 14.7 Å². The van der Waals surface area contributed by atoms with Crippen molar-refractivity contribution in [3.05, 3.63) is 92.6 Å². The van der Waals surface area contributed by atoms with E-state index in [4.69, 9.17) is 46.9 Å². The van der Waals surface area contributed by atoms with Crippen LogP contribution < -0.4 is 35.0 Å². The second kappa shape index (κ2) is 16.8. The number of esters is 1. The molecule has 1 aliphatic heterocycles. The predicted molar refractivity (Wildman–Crippen MR) is 177 cm³/mol. The van der Waals surface area contributed by atoms with Crippen LogP contribution >= 0.6 is 23.2 Å². The van der Waals surface area contributed by atoms with E-state index in [2.05, 4.69) is 21.2 Å². The van der Waals surface area contributed by atoms with E-state index in [1.807, 2.05) is 19.1 Å². The highest BCUT2D eigenvalue weighted by Crippen LogP contribution is 2.37. The molecule has 0 spiro atoms. The van der Waals surface area contributed by atoms with Gasteiger partial charge in [0.05, 0.1) is 43.2 Å². The monoisotopic (exact) mass is 686 g/mol. The number of hydrogen-bond acceptors (Lipinski definition) is 10. The van der Waals surface area contributed by atoms with Gasteiger partial charge in [-0.15, -0.1) is 0 Å². The molecule has 0 aromatic heterocycles. The van der Waals surface area contributed by atoms with Crippen LogP contribution in [0.5, 0.6) is 23.0 Å². The van der Waals surface area contributed by atoms with Crippen LogP contribution in [-0.2, 0) is 16.1 Å². The first-order valence-electron chi connectivity index (χ1n) is 14.7. The maximum absolute atomic E-state index is 12.5. The fraction of sp³-hybridized carbons (Fsp3) is 0.303. The molecule has 3 aromatic carbocycles. The fourth-order valence-electron chi connectivity index (χ4n) is 4.67. The molecule has 3 aromatic rings. The van der Waals surface area contributed by atoms with E-state index in [0.717, 1.165) is 5.56 Å². The number of urea groups is 1.